The number of anilines is 1. The number of sulfonamides is 1. The molecule has 2 aliphatic carbocycles. The van der Waals surface area contributed by atoms with Gasteiger partial charge in [0.2, 0.25) is 15.9 Å². The summed E-state index contributed by atoms with van der Waals surface area (Å²) in [6.45, 7) is 3.51. The Morgan fingerprint density at radius 2 is 1.75 bits per heavy atom. The fraction of sp³-hybridized carbons (Fsp3) is 0.341. The zero-order chi connectivity index (χ0) is 45.7. The summed E-state index contributed by atoms with van der Waals surface area (Å²) in [6, 6.07) is 8.58. The number of fused-ring (bicyclic) bond motifs is 5. The van der Waals surface area contributed by atoms with Crippen LogP contribution in [0.3, 0.4) is 0 Å². The number of aromatic nitrogens is 9. The van der Waals surface area contributed by atoms with Crippen molar-refractivity contribution in [2.45, 2.75) is 64.1 Å². The number of halogens is 7. The molecule has 9 rings (SSSR count). The topological polar surface area (TPSA) is 177 Å². The quantitative estimate of drug-likeness (QED) is 0.116. The number of alkyl halides is 4. The zero-order valence-electron chi connectivity index (χ0n) is 34.1. The van der Waals surface area contributed by atoms with Gasteiger partial charge in [-0.25, -0.2) is 35.9 Å². The zero-order valence-corrected chi connectivity index (χ0v) is 35.7. The minimum absolute atomic E-state index is 0.000512. The van der Waals surface area contributed by atoms with E-state index in [9.17, 15) is 30.8 Å². The highest BCUT2D eigenvalue weighted by molar-refractivity contribution is 7.92. The highest BCUT2D eigenvalue weighted by Gasteiger charge is 2.67. The number of hydrogen-bond donors (Lipinski definition) is 2. The molecule has 0 bridgehead atoms. The van der Waals surface area contributed by atoms with Gasteiger partial charge in [0.15, 0.2) is 11.5 Å². The number of carbonyl (C=O) groups excluding carboxylic acids is 1. The number of benzene rings is 2. The van der Waals surface area contributed by atoms with Crippen molar-refractivity contribution in [2.24, 2.45) is 18.9 Å². The van der Waals surface area contributed by atoms with Crippen molar-refractivity contribution in [3.63, 3.8) is 0 Å². The molecule has 0 radical (unpaired) electrons. The molecule has 23 heteroatoms. The molecule has 5 heterocycles. The maximum absolute atomic E-state index is 15.6. The molecule has 334 valence electrons. The Hall–Kier alpha value is -6.29. The molecule has 1 amide bonds. The predicted molar refractivity (Wildman–Crippen MR) is 222 cm³/mol. The fourth-order valence-corrected chi connectivity index (χ4v) is 9.38. The van der Waals surface area contributed by atoms with Gasteiger partial charge in [0.05, 0.1) is 50.7 Å². The van der Waals surface area contributed by atoms with E-state index in [1.165, 1.54) is 29.9 Å². The van der Waals surface area contributed by atoms with Crippen LogP contribution in [0.1, 0.15) is 67.0 Å². The first-order valence-electron chi connectivity index (χ1n) is 19.8. The van der Waals surface area contributed by atoms with Crippen LogP contribution in [0.25, 0.3) is 39.0 Å². The third-order valence-electron chi connectivity index (χ3n) is 11.2. The van der Waals surface area contributed by atoms with Gasteiger partial charge < -0.3 is 5.32 Å². The molecule has 2 aliphatic rings. The highest BCUT2D eigenvalue weighted by atomic mass is 35.5. The van der Waals surface area contributed by atoms with E-state index >= 15 is 13.6 Å². The second kappa shape index (κ2) is 15.5. The van der Waals surface area contributed by atoms with Crippen molar-refractivity contribution in [3.8, 4) is 17.1 Å². The Kier molecular flexibility index (Phi) is 10.4. The minimum Gasteiger partial charge on any atom is -0.344 e. The van der Waals surface area contributed by atoms with E-state index in [4.69, 9.17) is 21.6 Å². The third-order valence-corrected chi connectivity index (χ3v) is 12.1. The summed E-state index contributed by atoms with van der Waals surface area (Å²) < 4.78 is 121. The molecule has 15 nitrogen and oxygen atoms in total. The van der Waals surface area contributed by atoms with Crippen LogP contribution in [0.15, 0.2) is 59.5 Å². The molecule has 64 heavy (non-hydrogen) atoms. The monoisotopic (exact) mass is 927 g/mol. The molecular formula is C41H36ClF6N11O4S. The normalized spacial score (nSPS) is 17.1. The van der Waals surface area contributed by atoms with Crippen LogP contribution in [-0.2, 0) is 47.3 Å². The van der Waals surface area contributed by atoms with Crippen LogP contribution in [0.2, 0.25) is 5.02 Å². The van der Waals surface area contributed by atoms with Crippen molar-refractivity contribution in [2.75, 3.05) is 11.0 Å². The van der Waals surface area contributed by atoms with E-state index in [0.29, 0.717) is 28.7 Å². The molecule has 7 aromatic rings. The molecule has 0 unspecified atom stereocenters. The van der Waals surface area contributed by atoms with E-state index in [0.717, 1.165) is 23.0 Å². The van der Waals surface area contributed by atoms with Crippen LogP contribution in [0, 0.1) is 23.5 Å². The van der Waals surface area contributed by atoms with Gasteiger partial charge in [-0.2, -0.15) is 24.1 Å². The van der Waals surface area contributed by atoms with Gasteiger partial charge in [-0.1, -0.05) is 25.4 Å². The van der Waals surface area contributed by atoms with Gasteiger partial charge in [0.1, 0.15) is 35.4 Å². The summed E-state index contributed by atoms with van der Waals surface area (Å²) in [7, 11) is -2.47. The van der Waals surface area contributed by atoms with E-state index < -0.39 is 87.7 Å². The summed E-state index contributed by atoms with van der Waals surface area (Å²) in [5.41, 5.74) is -1.89. The second-order valence-corrected chi connectivity index (χ2v) is 18.5. The first-order chi connectivity index (χ1) is 30.2. The molecule has 1 fully saturated rings. The Labute approximate surface area is 364 Å². The Bertz CT molecular complexity index is 3220. The largest absolute Gasteiger partial charge is 0.344 e. The number of nitrogens with one attached hydrogen (secondary N) is 2. The van der Waals surface area contributed by atoms with Crippen LogP contribution in [-0.4, -0.2) is 64.5 Å². The van der Waals surface area contributed by atoms with Crippen molar-refractivity contribution < 1.29 is 39.6 Å². The number of amides is 1. The third kappa shape index (κ3) is 7.54. The Morgan fingerprint density at radius 1 is 1.02 bits per heavy atom. The van der Waals surface area contributed by atoms with Gasteiger partial charge in [0.25, 0.3) is 17.9 Å². The molecule has 5 aromatic heterocycles. The summed E-state index contributed by atoms with van der Waals surface area (Å²) >= 11 is 6.64. The number of carbonyl (C=O) groups is 1. The number of hydrogen-bond acceptors (Lipinski definition) is 9. The average Bonchev–Trinajstić information content (AvgIpc) is 3.41. The second-order valence-electron chi connectivity index (χ2n) is 16.4. The van der Waals surface area contributed by atoms with Crippen molar-refractivity contribution in [1.29, 1.82) is 0 Å². The predicted octanol–water partition coefficient (Wildman–Crippen LogP) is 6.93. The molecule has 0 aliphatic heterocycles. The van der Waals surface area contributed by atoms with Crippen molar-refractivity contribution >= 4 is 55.3 Å². The molecular weight excluding hydrogens is 892 g/mol. The van der Waals surface area contributed by atoms with Crippen LogP contribution in [0.4, 0.5) is 32.2 Å². The van der Waals surface area contributed by atoms with Crippen LogP contribution >= 0.6 is 11.6 Å². The van der Waals surface area contributed by atoms with E-state index in [-0.39, 0.29) is 67.8 Å². The number of rotatable bonds is 13. The summed E-state index contributed by atoms with van der Waals surface area (Å²) in [5, 5.41) is 15.2. The van der Waals surface area contributed by atoms with Crippen molar-refractivity contribution in [1.82, 2.24) is 49.2 Å². The lowest BCUT2D eigenvalue weighted by molar-refractivity contribution is -0.123. The van der Waals surface area contributed by atoms with Gasteiger partial charge in [-0.3, -0.25) is 32.9 Å². The number of aryl methyl sites for hydroxylation is 1. The summed E-state index contributed by atoms with van der Waals surface area (Å²) in [4.78, 5) is 38.8. The number of pyridine rings is 1. The minimum atomic E-state index is -3.92. The molecule has 0 saturated heterocycles. The van der Waals surface area contributed by atoms with E-state index in [1.54, 1.807) is 23.0 Å². The Morgan fingerprint density at radius 3 is 2.44 bits per heavy atom. The first kappa shape index (κ1) is 43.0. The first-order valence-corrected chi connectivity index (χ1v) is 22.1. The lowest BCUT2D eigenvalue weighted by Crippen LogP contribution is -2.38. The van der Waals surface area contributed by atoms with E-state index in [1.807, 2.05) is 13.8 Å². The van der Waals surface area contributed by atoms with Crippen LogP contribution in [0.5, 0.6) is 0 Å². The summed E-state index contributed by atoms with van der Waals surface area (Å²) in [5.74, 6) is -8.94. The average molecular weight is 928 g/mol. The van der Waals surface area contributed by atoms with Gasteiger partial charge >= 0.3 is 0 Å². The fourth-order valence-electron chi connectivity index (χ4n) is 8.65. The van der Waals surface area contributed by atoms with Crippen molar-refractivity contribution in [3.05, 3.63) is 110 Å². The molecule has 3 atom stereocenters. The molecule has 0 spiro atoms. The maximum Gasteiger partial charge on any atom is 0.293 e. The summed E-state index contributed by atoms with van der Waals surface area (Å²) in [6.07, 6.45) is -1.23. The van der Waals surface area contributed by atoms with Gasteiger partial charge in [-0.15, -0.1) is 0 Å². The van der Waals surface area contributed by atoms with Crippen LogP contribution < -0.4 is 15.6 Å². The lowest BCUT2D eigenvalue weighted by Gasteiger charge is -2.24. The van der Waals surface area contributed by atoms with E-state index in [2.05, 4.69) is 25.3 Å². The SMILES string of the molecule is CC(C)Cn1nccc1-c1ccc2c(=O)n(-c3ccc(Cl)c4c(NS(C)(=O)=O)nn(C)c34)c([C@H](Cc3cc(F)cc(F)c3)NC(=O)Cn3nc(C(F)F)c4c3C(F)(F)[C@@H]3C[C@H]43)nc2n1. The smallest absolute Gasteiger partial charge is 0.293 e. The lowest BCUT2D eigenvalue weighted by atomic mass is 10.0. The Balaban J connectivity index is 1.26. The molecule has 2 N–H and O–H groups in total. The number of nitrogens with zero attached hydrogens (tertiary/aromatic N) is 9. The van der Waals surface area contributed by atoms with Gasteiger partial charge in [0, 0.05) is 43.8 Å². The highest BCUT2D eigenvalue weighted by Crippen LogP contribution is 2.68. The molecule has 1 saturated carbocycles. The standard InChI is InChI=1S/C41H36ClF6N11O4S/c1-18(2)16-57-28(9-10-49-57)26-7-5-22-37(51-26)52-39(59(40(22)61)29-8-6-25(42)32-34(29)56(3)54-38(32)55-64(4,62)63)27(13-19-11-20(43)14-21(44)12-19)50-30(60)17-58-35-31(33(53-58)36(45)46)23-15-24(23)41(35,47)48/h5-12,14,18,23-24,27,36H,13,15-17H2,1-4H3,(H,50,60)(H,54,55)/t23-,24+,27-/m0/s1. The van der Waals surface area contributed by atoms with Gasteiger partial charge in [-0.05, 0) is 66.3 Å². The molecule has 2 aromatic carbocycles. The maximum atomic E-state index is 15.6.